The molecule has 1 fully saturated rings. The van der Waals surface area contributed by atoms with Gasteiger partial charge in [0.25, 0.3) is 0 Å². The molecule has 0 spiro atoms. The van der Waals surface area contributed by atoms with Crippen LogP contribution in [-0.4, -0.2) is 33.9 Å². The minimum atomic E-state index is -0.262. The molecule has 3 heterocycles. The van der Waals surface area contributed by atoms with E-state index in [-0.39, 0.29) is 11.8 Å². The fraction of sp³-hybridized carbons (Fsp3) is 0.240. The van der Waals surface area contributed by atoms with E-state index in [1.807, 2.05) is 54.6 Å². The number of ether oxygens (including phenoxy) is 1. The van der Waals surface area contributed by atoms with Crippen LogP contribution in [0.2, 0.25) is 5.02 Å². The van der Waals surface area contributed by atoms with E-state index >= 15 is 0 Å². The Morgan fingerprint density at radius 2 is 2.00 bits per heavy atom. The number of carbonyl (C=O) groups excluding carboxylic acids is 1. The number of halogens is 1. The van der Waals surface area contributed by atoms with Gasteiger partial charge in [-0.2, -0.15) is 0 Å². The molecule has 1 atom stereocenters. The average Bonchev–Trinajstić information content (AvgIpc) is 3.44. The summed E-state index contributed by atoms with van der Waals surface area (Å²) in [6.45, 7) is 1.90. The number of benzene rings is 2. The summed E-state index contributed by atoms with van der Waals surface area (Å²) in [6.07, 6.45) is 1.30. The topological polar surface area (TPSA) is 97.1 Å². The van der Waals surface area contributed by atoms with E-state index in [0.717, 1.165) is 47.6 Å². The molecule has 1 amide bonds. The first-order chi connectivity index (χ1) is 16.0. The number of hydrogen-bond donors (Lipinski definition) is 2. The number of nitrogens with zero attached hydrogens (tertiary/aromatic N) is 3. The highest BCUT2D eigenvalue weighted by Gasteiger charge is 2.27. The summed E-state index contributed by atoms with van der Waals surface area (Å²) >= 11 is 6.06. The third-order valence-electron chi connectivity index (χ3n) is 5.82. The van der Waals surface area contributed by atoms with Crippen LogP contribution in [0, 0.1) is 5.92 Å². The molecule has 1 aliphatic heterocycles. The van der Waals surface area contributed by atoms with E-state index in [0.29, 0.717) is 29.6 Å². The quantitative estimate of drug-likeness (QED) is 0.420. The minimum absolute atomic E-state index is 0.234. The van der Waals surface area contributed by atoms with Gasteiger partial charge in [0.15, 0.2) is 5.82 Å². The molecule has 0 radical (unpaired) electrons. The fourth-order valence-corrected chi connectivity index (χ4v) is 4.46. The van der Waals surface area contributed by atoms with Crippen LogP contribution in [0.25, 0.3) is 22.4 Å². The molecule has 168 valence electrons. The summed E-state index contributed by atoms with van der Waals surface area (Å²) < 4.78 is 5.91. The Kier molecular flexibility index (Phi) is 5.88. The largest absolute Gasteiger partial charge is 0.487 e. The van der Waals surface area contributed by atoms with Crippen molar-refractivity contribution in [3.05, 3.63) is 71.4 Å². The SMILES string of the molecule is NC(=O)C[C@H]1CCN(c2nc(-c3ccccc3)nc3[nH]c(COc4cccc(Cl)c4)cc23)C1. The van der Waals surface area contributed by atoms with Gasteiger partial charge in [0.05, 0.1) is 11.1 Å². The number of nitrogens with two attached hydrogens (primary N) is 1. The van der Waals surface area contributed by atoms with Crippen molar-refractivity contribution in [3.63, 3.8) is 0 Å². The van der Waals surface area contributed by atoms with Crippen molar-refractivity contribution in [2.24, 2.45) is 11.7 Å². The summed E-state index contributed by atoms with van der Waals surface area (Å²) in [5, 5.41) is 1.56. The molecule has 0 aliphatic carbocycles. The number of amides is 1. The van der Waals surface area contributed by atoms with Crippen molar-refractivity contribution in [3.8, 4) is 17.1 Å². The molecule has 5 rings (SSSR count). The minimum Gasteiger partial charge on any atom is -0.487 e. The van der Waals surface area contributed by atoms with Crippen molar-refractivity contribution >= 4 is 34.4 Å². The lowest BCUT2D eigenvalue weighted by atomic mass is 10.1. The highest BCUT2D eigenvalue weighted by atomic mass is 35.5. The number of hydrogen-bond acceptors (Lipinski definition) is 5. The molecule has 1 aliphatic rings. The van der Waals surface area contributed by atoms with E-state index < -0.39 is 0 Å². The summed E-state index contributed by atoms with van der Waals surface area (Å²) in [4.78, 5) is 26.7. The Labute approximate surface area is 196 Å². The van der Waals surface area contributed by atoms with Crippen molar-refractivity contribution in [2.45, 2.75) is 19.4 Å². The van der Waals surface area contributed by atoms with Gasteiger partial charge >= 0.3 is 0 Å². The van der Waals surface area contributed by atoms with Gasteiger partial charge in [-0.25, -0.2) is 9.97 Å². The van der Waals surface area contributed by atoms with Crippen LogP contribution in [0.5, 0.6) is 5.75 Å². The van der Waals surface area contributed by atoms with Gasteiger partial charge in [-0.3, -0.25) is 4.79 Å². The lowest BCUT2D eigenvalue weighted by Crippen LogP contribution is -2.23. The predicted molar refractivity (Wildman–Crippen MR) is 129 cm³/mol. The molecule has 0 bridgehead atoms. The molecule has 1 saturated heterocycles. The van der Waals surface area contributed by atoms with E-state index in [2.05, 4.69) is 9.88 Å². The highest BCUT2D eigenvalue weighted by Crippen LogP contribution is 2.32. The number of fused-ring (bicyclic) bond motifs is 1. The van der Waals surface area contributed by atoms with Gasteiger partial charge in [0.1, 0.15) is 23.8 Å². The van der Waals surface area contributed by atoms with Crippen LogP contribution < -0.4 is 15.4 Å². The molecule has 0 saturated carbocycles. The second-order valence-corrected chi connectivity index (χ2v) is 8.75. The number of aromatic amines is 1. The normalized spacial score (nSPS) is 15.8. The lowest BCUT2D eigenvalue weighted by molar-refractivity contribution is -0.118. The molecule has 2 aromatic heterocycles. The number of anilines is 1. The number of carbonyl (C=O) groups is 1. The molecular weight excluding hydrogens is 438 g/mol. The molecule has 7 nitrogen and oxygen atoms in total. The van der Waals surface area contributed by atoms with Crippen LogP contribution in [0.1, 0.15) is 18.5 Å². The number of primary amides is 1. The predicted octanol–water partition coefficient (Wildman–Crippen LogP) is 4.56. The van der Waals surface area contributed by atoms with Crippen LogP contribution in [0.3, 0.4) is 0 Å². The second kappa shape index (κ2) is 9.11. The average molecular weight is 462 g/mol. The molecule has 3 N–H and O–H groups in total. The first-order valence-electron chi connectivity index (χ1n) is 10.9. The van der Waals surface area contributed by atoms with E-state index in [4.69, 9.17) is 32.0 Å². The van der Waals surface area contributed by atoms with Gasteiger partial charge in [-0.1, -0.05) is 48.0 Å². The van der Waals surface area contributed by atoms with Crippen molar-refractivity contribution in [1.82, 2.24) is 15.0 Å². The standard InChI is InChI=1S/C25H24ClN5O2/c26-18-7-4-8-20(12-18)33-15-19-13-21-24(28-19)29-23(17-5-2-1-3-6-17)30-25(21)31-10-9-16(14-31)11-22(27)32/h1-8,12-13,16H,9-11,14-15H2,(H2,27,32)(H,28,29,30)/t16-/m1/s1. The highest BCUT2D eigenvalue weighted by molar-refractivity contribution is 6.30. The van der Waals surface area contributed by atoms with Crippen molar-refractivity contribution in [1.29, 1.82) is 0 Å². The van der Waals surface area contributed by atoms with Crippen molar-refractivity contribution < 1.29 is 9.53 Å². The third-order valence-corrected chi connectivity index (χ3v) is 6.06. The zero-order chi connectivity index (χ0) is 22.8. The molecular formula is C25H24ClN5O2. The Bertz CT molecular complexity index is 1290. The Morgan fingerprint density at radius 1 is 1.15 bits per heavy atom. The van der Waals surface area contributed by atoms with E-state index in [1.54, 1.807) is 6.07 Å². The second-order valence-electron chi connectivity index (χ2n) is 8.31. The number of rotatable bonds is 7. The number of nitrogens with one attached hydrogen (secondary N) is 1. The Morgan fingerprint density at radius 3 is 2.79 bits per heavy atom. The van der Waals surface area contributed by atoms with Crippen LogP contribution in [0.4, 0.5) is 5.82 Å². The van der Waals surface area contributed by atoms with Crippen LogP contribution in [0.15, 0.2) is 60.7 Å². The van der Waals surface area contributed by atoms with Gasteiger partial charge in [-0.05, 0) is 36.6 Å². The first kappa shape index (κ1) is 21.3. The third kappa shape index (κ3) is 4.78. The number of H-pyrrole nitrogens is 1. The number of aromatic nitrogens is 3. The van der Waals surface area contributed by atoms with Gasteiger partial charge in [0.2, 0.25) is 5.91 Å². The molecule has 2 aromatic carbocycles. The van der Waals surface area contributed by atoms with Crippen molar-refractivity contribution in [2.75, 3.05) is 18.0 Å². The fourth-order valence-electron chi connectivity index (χ4n) is 4.28. The van der Waals surface area contributed by atoms with Crippen LogP contribution in [-0.2, 0) is 11.4 Å². The van der Waals surface area contributed by atoms with Gasteiger partial charge in [-0.15, -0.1) is 0 Å². The molecule has 8 heteroatoms. The van der Waals surface area contributed by atoms with Gasteiger partial charge < -0.3 is 20.4 Å². The maximum absolute atomic E-state index is 11.4. The smallest absolute Gasteiger partial charge is 0.217 e. The zero-order valence-corrected chi connectivity index (χ0v) is 18.8. The lowest BCUT2D eigenvalue weighted by Gasteiger charge is -2.19. The van der Waals surface area contributed by atoms with Gasteiger partial charge in [0, 0.05) is 30.1 Å². The monoisotopic (exact) mass is 461 g/mol. The van der Waals surface area contributed by atoms with E-state index in [9.17, 15) is 4.79 Å². The first-order valence-corrected chi connectivity index (χ1v) is 11.3. The molecule has 4 aromatic rings. The zero-order valence-electron chi connectivity index (χ0n) is 18.0. The summed E-state index contributed by atoms with van der Waals surface area (Å²) in [6, 6.07) is 19.3. The summed E-state index contributed by atoms with van der Waals surface area (Å²) in [5.74, 6) is 2.18. The molecule has 33 heavy (non-hydrogen) atoms. The maximum atomic E-state index is 11.4. The van der Waals surface area contributed by atoms with Crippen LogP contribution >= 0.6 is 11.6 Å². The van der Waals surface area contributed by atoms with E-state index in [1.165, 1.54) is 0 Å². The Balaban J connectivity index is 1.48. The maximum Gasteiger partial charge on any atom is 0.217 e. The molecule has 0 unspecified atom stereocenters. The summed E-state index contributed by atoms with van der Waals surface area (Å²) in [7, 11) is 0. The summed E-state index contributed by atoms with van der Waals surface area (Å²) in [5.41, 5.74) is 8.01. The Hall–Kier alpha value is -3.58.